The largest absolute Gasteiger partial charge is 0.534 e. The third-order valence-corrected chi connectivity index (χ3v) is 18.6. The molecule has 0 amide bonds. The number of carbonyl (C=O) groups excluding carboxylic acids is 4. The Morgan fingerprint density at radius 3 is 1.06 bits per heavy atom. The lowest BCUT2D eigenvalue weighted by Gasteiger charge is -2.14. The predicted octanol–water partition coefficient (Wildman–Crippen LogP) is 19.5. The number of ether oxygens (including phenoxy) is 4. The molecule has 0 aliphatic heterocycles. The second-order valence-electron chi connectivity index (χ2n) is 23.7. The first kappa shape index (κ1) is 86.9. The molecule has 109 heavy (non-hydrogen) atoms. The van der Waals surface area contributed by atoms with Crippen LogP contribution in [-0.4, -0.2) is 106 Å². The molecular weight excluding hydrogens is 1520 g/mol. The lowest BCUT2D eigenvalue weighted by molar-refractivity contribution is -0.0500. The molecule has 27 heteroatoms. The van der Waals surface area contributed by atoms with Crippen molar-refractivity contribution in [2.75, 3.05) is 28.4 Å². The van der Waals surface area contributed by atoms with E-state index in [0.29, 0.717) is 49.2 Å². The molecule has 17 nitrogen and oxygen atoms in total. The maximum Gasteiger partial charge on any atom is 0.534 e. The van der Waals surface area contributed by atoms with Crippen molar-refractivity contribution in [3.05, 3.63) is 281 Å². The van der Waals surface area contributed by atoms with E-state index in [4.69, 9.17) is 80.6 Å². The highest BCUT2D eigenvalue weighted by Gasteiger charge is 2.48. The van der Waals surface area contributed by atoms with Crippen LogP contribution in [0.25, 0.3) is 55.6 Å². The molecular formula is C82H72BCl4F4NO16S. The van der Waals surface area contributed by atoms with Crippen LogP contribution >= 0.6 is 46.4 Å². The average molecular weight is 1590 g/mol. The minimum Gasteiger partial charge on any atom is -0.508 e. The zero-order chi connectivity index (χ0) is 80.6. The molecule has 0 atom stereocenters. The fourth-order valence-corrected chi connectivity index (χ4v) is 12.0. The van der Waals surface area contributed by atoms with E-state index in [1.54, 1.807) is 88.9 Å². The molecule has 0 aliphatic carbocycles. The predicted molar refractivity (Wildman–Crippen MR) is 420 cm³/mol. The molecule has 0 aliphatic rings. The molecule has 0 saturated carbocycles. The number of aromatic hydroxyl groups is 2. The summed E-state index contributed by atoms with van der Waals surface area (Å²) in [7, 11) is -1.07. The minimum atomic E-state index is -5.73. The summed E-state index contributed by atoms with van der Waals surface area (Å²) in [6.07, 6.45) is 4.05. The van der Waals surface area contributed by atoms with Gasteiger partial charge in [0.05, 0.1) is 54.7 Å². The summed E-state index contributed by atoms with van der Waals surface area (Å²) >= 11 is 23.6. The molecule has 11 rings (SSSR count). The van der Waals surface area contributed by atoms with E-state index in [9.17, 15) is 55.4 Å². The Balaban J connectivity index is 0.000000207. The average Bonchev–Trinajstić information content (AvgIpc) is 0.798. The number of aldehydes is 4. The van der Waals surface area contributed by atoms with E-state index >= 15 is 0 Å². The highest BCUT2D eigenvalue weighted by Crippen LogP contribution is 2.37. The van der Waals surface area contributed by atoms with Crippen LogP contribution in [-0.2, 0) is 10.1 Å². The summed E-state index contributed by atoms with van der Waals surface area (Å²) in [5.74, 6) is 1.82. The Morgan fingerprint density at radius 1 is 0.394 bits per heavy atom. The molecule has 0 radical (unpaired) electrons. The first-order valence-electron chi connectivity index (χ1n) is 32.3. The zero-order valence-corrected chi connectivity index (χ0v) is 63.9. The van der Waals surface area contributed by atoms with Gasteiger partial charge < -0.3 is 48.6 Å². The Labute approximate surface area is 648 Å². The van der Waals surface area contributed by atoms with Crippen LogP contribution in [0.3, 0.4) is 0 Å². The lowest BCUT2D eigenvalue weighted by Crippen LogP contribution is -2.32. The maximum atomic E-state index is 13.0. The van der Waals surface area contributed by atoms with E-state index in [1.165, 1.54) is 19.4 Å². The van der Waals surface area contributed by atoms with E-state index in [-0.39, 0.29) is 33.3 Å². The molecule has 0 fully saturated rings. The van der Waals surface area contributed by atoms with Gasteiger partial charge in [0, 0.05) is 33.9 Å². The zero-order valence-electron chi connectivity index (χ0n) is 60.0. The van der Waals surface area contributed by atoms with Crippen molar-refractivity contribution in [2.45, 2.75) is 47.1 Å². The molecule has 0 aromatic heterocycles. The van der Waals surface area contributed by atoms with Gasteiger partial charge in [0.15, 0.2) is 36.7 Å². The maximum absolute atomic E-state index is 13.0. The molecule has 0 heterocycles. The molecule has 11 aromatic carbocycles. The van der Waals surface area contributed by atoms with Crippen molar-refractivity contribution >= 4 is 100 Å². The summed E-state index contributed by atoms with van der Waals surface area (Å²) in [5, 5.41) is 49.1. The van der Waals surface area contributed by atoms with Crippen LogP contribution in [0.1, 0.15) is 80.4 Å². The van der Waals surface area contributed by atoms with Gasteiger partial charge in [-0.3, -0.25) is 19.2 Å². The van der Waals surface area contributed by atoms with Crippen molar-refractivity contribution in [1.29, 1.82) is 0 Å². The number of hydrogen-bond donors (Lipinski definition) is 5. The highest BCUT2D eigenvalue weighted by atomic mass is 35.5. The summed E-state index contributed by atoms with van der Waals surface area (Å²) in [6.45, 7) is 11.6. The van der Waals surface area contributed by atoms with Gasteiger partial charge in [-0.05, 0) is 257 Å². The first-order chi connectivity index (χ1) is 51.7. The van der Waals surface area contributed by atoms with Gasteiger partial charge >= 0.3 is 22.7 Å². The van der Waals surface area contributed by atoms with Crippen LogP contribution in [0.15, 0.2) is 199 Å². The molecule has 5 N–H and O–H groups in total. The number of oxime groups is 1. The van der Waals surface area contributed by atoms with Gasteiger partial charge in [-0.1, -0.05) is 118 Å². The third-order valence-electron chi connectivity index (χ3n) is 16.3. The Bertz CT molecular complexity index is 5240. The molecule has 0 spiro atoms. The lowest BCUT2D eigenvalue weighted by atomic mass is 9.77. The molecule has 0 bridgehead atoms. The number of phenolic OH excluding ortho intramolecular Hbond substituents is 2. The van der Waals surface area contributed by atoms with Crippen molar-refractivity contribution in [1.82, 2.24) is 0 Å². The second kappa shape index (κ2) is 40.3. The SMILES string of the molecule is COc1cc(C)c(B(O)O)cc1F.COc1ccc(-c2ccc(C=O)c(-c3ccc(OC)cc3C)c2)c(C)c1.COc1ccc(-c2ccc(C=O)c(Cl)c2)c(C)c1.Cc1cc(O)ccc1-c1ccc(/C=N/O)c(Cl)c1.Cc1cc(O)ccc1-c1ccc(C=O)c(Cl)c1.O=Cc1ccc(OS(=O)(=O)C(F)(F)F)cc1Cl. The van der Waals surface area contributed by atoms with Crippen LogP contribution in [0.2, 0.25) is 20.1 Å². The number of halogens is 8. The van der Waals surface area contributed by atoms with Gasteiger partial charge in [-0.2, -0.15) is 21.6 Å². The van der Waals surface area contributed by atoms with Gasteiger partial charge in [-0.25, -0.2) is 4.39 Å². The van der Waals surface area contributed by atoms with Crippen LogP contribution in [0, 0.1) is 47.4 Å². The number of phenols is 2. The minimum absolute atomic E-state index is 0.00317. The normalized spacial score (nSPS) is 10.7. The number of carbonyl (C=O) groups is 4. The smallest absolute Gasteiger partial charge is 0.508 e. The summed E-state index contributed by atoms with van der Waals surface area (Å²) < 4.78 is 94.5. The number of aryl methyl sites for hydroxylation is 6. The second-order valence-corrected chi connectivity index (χ2v) is 26.8. The Hall–Kier alpha value is -11.0. The van der Waals surface area contributed by atoms with Gasteiger partial charge in [0.25, 0.3) is 0 Å². The number of alkyl halides is 3. The quantitative estimate of drug-likeness (QED) is 0.00829. The number of rotatable bonds is 17. The molecule has 0 unspecified atom stereocenters. The van der Waals surface area contributed by atoms with Gasteiger partial charge in [0.2, 0.25) is 0 Å². The fourth-order valence-electron chi connectivity index (χ4n) is 10.6. The van der Waals surface area contributed by atoms with Crippen molar-refractivity contribution in [3.63, 3.8) is 0 Å². The van der Waals surface area contributed by atoms with E-state index in [2.05, 4.69) is 28.4 Å². The van der Waals surface area contributed by atoms with Crippen LogP contribution in [0.4, 0.5) is 17.6 Å². The van der Waals surface area contributed by atoms with E-state index in [0.717, 1.165) is 144 Å². The van der Waals surface area contributed by atoms with Crippen molar-refractivity contribution in [2.24, 2.45) is 5.16 Å². The van der Waals surface area contributed by atoms with E-state index < -0.39 is 34.3 Å². The fraction of sp³-hybridized carbons (Fsp3) is 0.134. The summed E-state index contributed by atoms with van der Waals surface area (Å²) in [4.78, 5) is 43.3. The first-order valence-corrected chi connectivity index (χ1v) is 35.2. The number of nitrogens with zero attached hydrogens (tertiary/aromatic N) is 1. The summed E-state index contributed by atoms with van der Waals surface area (Å²) in [6, 6.07) is 55.5. The van der Waals surface area contributed by atoms with Gasteiger partial charge in [-0.15, -0.1) is 0 Å². The molecule has 0 saturated heterocycles. The Morgan fingerprint density at radius 2 is 0.734 bits per heavy atom. The molecule has 566 valence electrons. The molecule has 11 aromatic rings. The van der Waals surface area contributed by atoms with E-state index in [1.807, 2.05) is 119 Å². The monoisotopic (exact) mass is 1590 g/mol. The number of benzene rings is 11. The summed E-state index contributed by atoms with van der Waals surface area (Å²) in [5.41, 5.74) is 12.8. The topological polar surface area (TPSA) is 262 Å². The van der Waals surface area contributed by atoms with Crippen molar-refractivity contribution in [3.8, 4) is 95.9 Å². The van der Waals surface area contributed by atoms with Gasteiger partial charge in [0.1, 0.15) is 34.5 Å². The van der Waals surface area contributed by atoms with Crippen LogP contribution < -0.4 is 28.6 Å². The number of hydrogen-bond acceptors (Lipinski definition) is 17. The van der Waals surface area contributed by atoms with Crippen LogP contribution in [0.5, 0.6) is 40.2 Å². The standard InChI is InChI=1S/C23H22O3.C15H13ClO2.C14H12ClNO2.C14H11ClO2.C8H10BFO3.C8H4ClF3O4S/c1-15-11-19(25-3)7-9-21(15)17-5-6-18(14-24)23(13-17)22-10-8-20(26-4)12-16(22)2;1-10-7-13(18-2)5-6-14(10)11-3-4-12(9-17)15(16)8-11;1-9-6-12(17)4-5-13(9)10-2-3-11(8-16-18)14(15)7-10;1-9-6-12(17)4-5-13(9)10-2-3-11(8-16)14(15)7-10;1-5-3-8(13-2)7(10)4-6(5)9(11)12;9-7-3-6(2-1-5(7)4-13)16-17(14,15)8(10,11)12/h5-14H,1-4H3;3-9H,1-2H3;2-8,17-18H,1H3;2-8,17H,1H3;3-4,11-12H,1-2H3;1-4H/b;;16-8+;;;. The third kappa shape index (κ3) is 23.7. The highest BCUT2D eigenvalue weighted by molar-refractivity contribution is 7.88. The Kier molecular flexibility index (Phi) is 32.1. The van der Waals surface area contributed by atoms with Crippen molar-refractivity contribution < 1.29 is 93.8 Å². The number of methoxy groups -OCH3 is 4.